The minimum absolute atomic E-state index is 0.0151. The molecular formula is C26H32F2N2O4. The van der Waals surface area contributed by atoms with E-state index in [0.29, 0.717) is 25.1 Å². The predicted molar refractivity (Wildman–Crippen MR) is 125 cm³/mol. The third kappa shape index (κ3) is 6.23. The van der Waals surface area contributed by atoms with Crippen molar-refractivity contribution >= 4 is 11.6 Å². The predicted octanol–water partition coefficient (Wildman–Crippen LogP) is 4.61. The maximum Gasteiger partial charge on any atom is 0.255 e. The van der Waals surface area contributed by atoms with Crippen LogP contribution in [0, 0.1) is 5.92 Å². The number of aliphatic hydroxyl groups excluding tert-OH is 1. The van der Waals surface area contributed by atoms with Crippen LogP contribution in [0.1, 0.15) is 51.0 Å². The van der Waals surface area contributed by atoms with E-state index < -0.39 is 17.9 Å². The maximum atomic E-state index is 13.0. The number of carbonyl (C=O) groups is 1. The van der Waals surface area contributed by atoms with Gasteiger partial charge >= 0.3 is 0 Å². The molecule has 2 fully saturated rings. The van der Waals surface area contributed by atoms with Gasteiger partial charge in [0.25, 0.3) is 5.92 Å². The van der Waals surface area contributed by atoms with E-state index in [1.165, 1.54) is 0 Å². The first-order chi connectivity index (χ1) is 16.2. The molecule has 1 aliphatic carbocycles. The van der Waals surface area contributed by atoms with Crippen molar-refractivity contribution in [2.24, 2.45) is 5.92 Å². The van der Waals surface area contributed by atoms with Crippen LogP contribution in [0.5, 0.6) is 11.5 Å². The normalized spacial score (nSPS) is 22.8. The zero-order chi connectivity index (χ0) is 24.3. The quantitative estimate of drug-likeness (QED) is 0.513. The van der Waals surface area contributed by atoms with E-state index in [4.69, 9.17) is 9.47 Å². The molecule has 4 atom stereocenters. The average molecular weight is 475 g/mol. The van der Waals surface area contributed by atoms with Crippen molar-refractivity contribution < 1.29 is 28.2 Å². The minimum atomic E-state index is -2.58. The SMILES string of the molecule is CC(C(=O)CC[C@H](C)O)c1ccc(OC2CCN(c3ccc(OCC4CC4(F)F)cn3)C2)cc1. The molecule has 1 saturated heterocycles. The zero-order valence-corrected chi connectivity index (χ0v) is 19.6. The summed E-state index contributed by atoms with van der Waals surface area (Å²) in [7, 11) is 0. The highest BCUT2D eigenvalue weighted by Crippen LogP contribution is 2.48. The summed E-state index contributed by atoms with van der Waals surface area (Å²) in [5.74, 6) is -1.30. The van der Waals surface area contributed by atoms with E-state index in [0.717, 1.165) is 30.1 Å². The smallest absolute Gasteiger partial charge is 0.255 e. The molecule has 3 unspecified atom stereocenters. The molecule has 1 aromatic heterocycles. The van der Waals surface area contributed by atoms with E-state index >= 15 is 0 Å². The van der Waals surface area contributed by atoms with Crippen LogP contribution in [-0.2, 0) is 4.79 Å². The molecular weight excluding hydrogens is 442 g/mol. The highest BCUT2D eigenvalue weighted by molar-refractivity contribution is 5.85. The van der Waals surface area contributed by atoms with Crippen molar-refractivity contribution in [1.82, 2.24) is 4.98 Å². The summed E-state index contributed by atoms with van der Waals surface area (Å²) < 4.78 is 37.5. The number of carbonyl (C=O) groups excluding carboxylic acids is 1. The molecule has 2 heterocycles. The van der Waals surface area contributed by atoms with Gasteiger partial charge in [0.2, 0.25) is 0 Å². The summed E-state index contributed by atoms with van der Waals surface area (Å²) in [6, 6.07) is 11.2. The molecule has 0 amide bonds. The van der Waals surface area contributed by atoms with E-state index in [1.807, 2.05) is 37.3 Å². The number of ketones is 1. The lowest BCUT2D eigenvalue weighted by molar-refractivity contribution is -0.120. The standard InChI is InChI=1S/C26H32F2N2O4/c1-17(31)3-9-24(32)18(2)19-4-6-21(7-5-19)34-23-11-12-30(15-23)25-10-8-22(14-29-25)33-16-20-13-26(20,27)28/h4-8,10,14,17-18,20,23,31H,3,9,11-13,15-16H2,1-2H3/t17-,18?,20?,23?/m0/s1. The number of halogens is 2. The van der Waals surface area contributed by atoms with Crippen molar-refractivity contribution in [2.45, 2.75) is 63.6 Å². The molecule has 4 rings (SSSR count). The van der Waals surface area contributed by atoms with Gasteiger partial charge in [-0.1, -0.05) is 19.1 Å². The molecule has 0 radical (unpaired) electrons. The van der Waals surface area contributed by atoms with Crippen molar-refractivity contribution in [3.8, 4) is 11.5 Å². The Kier molecular flexibility index (Phi) is 7.36. The van der Waals surface area contributed by atoms with Gasteiger partial charge < -0.3 is 19.5 Å². The number of nitrogens with zero attached hydrogens (tertiary/aromatic N) is 2. The third-order valence-electron chi connectivity index (χ3n) is 6.57. The summed E-state index contributed by atoms with van der Waals surface area (Å²) in [6.07, 6.45) is 2.73. The first kappa shape index (κ1) is 24.4. The van der Waals surface area contributed by atoms with Gasteiger partial charge in [-0.3, -0.25) is 4.79 Å². The number of benzene rings is 1. The van der Waals surface area contributed by atoms with Gasteiger partial charge in [0.15, 0.2) is 0 Å². The monoisotopic (exact) mass is 474 g/mol. The van der Waals surface area contributed by atoms with Crippen LogP contribution in [0.4, 0.5) is 14.6 Å². The van der Waals surface area contributed by atoms with Gasteiger partial charge in [-0.05, 0) is 43.2 Å². The number of aliphatic hydroxyl groups is 1. The number of aromatic nitrogens is 1. The molecule has 1 aliphatic heterocycles. The van der Waals surface area contributed by atoms with Crippen LogP contribution >= 0.6 is 0 Å². The van der Waals surface area contributed by atoms with E-state index in [-0.39, 0.29) is 30.8 Å². The first-order valence-electron chi connectivity index (χ1n) is 11.9. The van der Waals surface area contributed by atoms with Gasteiger partial charge in [0.05, 0.1) is 31.4 Å². The van der Waals surface area contributed by atoms with Crippen molar-refractivity contribution in [2.75, 3.05) is 24.6 Å². The van der Waals surface area contributed by atoms with E-state index in [9.17, 15) is 18.7 Å². The molecule has 6 nitrogen and oxygen atoms in total. The Bertz CT molecular complexity index is 966. The van der Waals surface area contributed by atoms with Crippen molar-refractivity contribution in [3.05, 3.63) is 48.2 Å². The largest absolute Gasteiger partial charge is 0.491 e. The molecule has 1 saturated carbocycles. The summed E-state index contributed by atoms with van der Waals surface area (Å²) in [6.45, 7) is 5.09. The second-order valence-corrected chi connectivity index (χ2v) is 9.44. The highest BCUT2D eigenvalue weighted by atomic mass is 19.3. The molecule has 2 aromatic rings. The lowest BCUT2D eigenvalue weighted by Crippen LogP contribution is -2.25. The summed E-state index contributed by atoms with van der Waals surface area (Å²) in [5.41, 5.74) is 0.938. The number of Topliss-reactive ketones (excluding diaryl/α,β-unsaturated/α-hetero) is 1. The molecule has 0 bridgehead atoms. The molecule has 2 aliphatic rings. The van der Waals surface area contributed by atoms with Gasteiger partial charge in [0, 0.05) is 31.7 Å². The molecule has 8 heteroatoms. The second-order valence-electron chi connectivity index (χ2n) is 9.44. The first-order valence-corrected chi connectivity index (χ1v) is 11.9. The summed E-state index contributed by atoms with van der Waals surface area (Å²) in [4.78, 5) is 18.9. The number of alkyl halides is 2. The van der Waals surface area contributed by atoms with Crippen molar-refractivity contribution in [1.29, 1.82) is 0 Å². The Hall–Kier alpha value is -2.74. The lowest BCUT2D eigenvalue weighted by Gasteiger charge is -2.19. The minimum Gasteiger partial charge on any atom is -0.491 e. The van der Waals surface area contributed by atoms with Crippen LogP contribution in [0.3, 0.4) is 0 Å². The Morgan fingerprint density at radius 1 is 1.21 bits per heavy atom. The van der Waals surface area contributed by atoms with Crippen molar-refractivity contribution in [3.63, 3.8) is 0 Å². The van der Waals surface area contributed by atoms with Gasteiger partial charge in [-0.25, -0.2) is 13.8 Å². The maximum absolute atomic E-state index is 13.0. The number of hydrogen-bond acceptors (Lipinski definition) is 6. The van der Waals surface area contributed by atoms with Gasteiger partial charge in [0.1, 0.15) is 29.2 Å². The number of pyridine rings is 1. The van der Waals surface area contributed by atoms with Gasteiger partial charge in [-0.2, -0.15) is 0 Å². The Morgan fingerprint density at radius 3 is 2.53 bits per heavy atom. The molecule has 1 N–H and O–H groups in total. The van der Waals surface area contributed by atoms with E-state index in [1.54, 1.807) is 19.2 Å². The van der Waals surface area contributed by atoms with Gasteiger partial charge in [-0.15, -0.1) is 0 Å². The van der Waals surface area contributed by atoms with Crippen LogP contribution in [0.2, 0.25) is 0 Å². The number of anilines is 1. The molecule has 34 heavy (non-hydrogen) atoms. The fourth-order valence-electron chi connectivity index (χ4n) is 4.11. The van der Waals surface area contributed by atoms with Crippen LogP contribution in [-0.4, -0.2) is 53.7 Å². The third-order valence-corrected chi connectivity index (χ3v) is 6.57. The molecule has 0 spiro atoms. The molecule has 1 aromatic carbocycles. The summed E-state index contributed by atoms with van der Waals surface area (Å²) >= 11 is 0. The van der Waals surface area contributed by atoms with Crippen LogP contribution < -0.4 is 14.4 Å². The Morgan fingerprint density at radius 2 is 1.91 bits per heavy atom. The lowest BCUT2D eigenvalue weighted by atomic mass is 9.93. The second kappa shape index (κ2) is 10.3. The molecule has 184 valence electrons. The average Bonchev–Trinajstić information content (AvgIpc) is 3.19. The Balaban J connectivity index is 1.24. The zero-order valence-electron chi connectivity index (χ0n) is 19.6. The number of hydrogen-bond donors (Lipinski definition) is 1. The fourth-order valence-corrected chi connectivity index (χ4v) is 4.11. The number of rotatable bonds is 11. The van der Waals surface area contributed by atoms with Crippen LogP contribution in [0.15, 0.2) is 42.6 Å². The number of ether oxygens (including phenoxy) is 2. The highest BCUT2D eigenvalue weighted by Gasteiger charge is 2.57. The fraction of sp³-hybridized carbons (Fsp3) is 0.538. The topological polar surface area (TPSA) is 71.9 Å². The van der Waals surface area contributed by atoms with E-state index in [2.05, 4.69) is 9.88 Å². The summed E-state index contributed by atoms with van der Waals surface area (Å²) in [5, 5.41) is 9.38. The van der Waals surface area contributed by atoms with Crippen LogP contribution in [0.25, 0.3) is 0 Å². The Labute approximate surface area is 198 Å².